The van der Waals surface area contributed by atoms with Crippen LogP contribution in [0.3, 0.4) is 0 Å². The average molecular weight is 562 g/mol. The minimum absolute atomic E-state index is 0.0438. The van der Waals surface area contributed by atoms with Gasteiger partial charge in [-0.2, -0.15) is 0 Å². The number of benzene rings is 2. The van der Waals surface area contributed by atoms with E-state index in [1.807, 2.05) is 13.0 Å². The van der Waals surface area contributed by atoms with E-state index in [1.165, 1.54) is 38.2 Å². The van der Waals surface area contributed by atoms with Crippen molar-refractivity contribution in [2.45, 2.75) is 6.92 Å². The molecular formula is C27H35N3O10. The monoisotopic (exact) mass is 561 g/mol. The van der Waals surface area contributed by atoms with Gasteiger partial charge in [0.2, 0.25) is 0 Å². The summed E-state index contributed by atoms with van der Waals surface area (Å²) in [6.07, 6.45) is 0. The quantitative estimate of drug-likeness (QED) is 0.144. The molecular weight excluding hydrogens is 526 g/mol. The Morgan fingerprint density at radius 3 is 1.40 bits per heavy atom. The Bertz CT molecular complexity index is 1060. The first kappa shape index (κ1) is 31.5. The smallest absolute Gasteiger partial charge is 0.325 e. The van der Waals surface area contributed by atoms with Crippen molar-refractivity contribution in [3.8, 4) is 11.5 Å². The molecule has 2 rings (SSSR count). The lowest BCUT2D eigenvalue weighted by atomic mass is 10.2. The number of rotatable bonds is 15. The number of nitrogens with zero attached hydrogens (tertiary/aromatic N) is 2. The Hall–Kier alpha value is -4.68. The second kappa shape index (κ2) is 15.7. The van der Waals surface area contributed by atoms with Gasteiger partial charge < -0.3 is 44.0 Å². The number of hydrogen-bond acceptors (Lipinski definition) is 13. The maximum absolute atomic E-state index is 12.0. The van der Waals surface area contributed by atoms with Crippen molar-refractivity contribution in [2.75, 3.05) is 83.4 Å². The number of hydrogen-bond donors (Lipinski definition) is 1. The van der Waals surface area contributed by atoms with Crippen molar-refractivity contribution < 1.29 is 47.6 Å². The van der Waals surface area contributed by atoms with Crippen molar-refractivity contribution in [3.63, 3.8) is 0 Å². The zero-order valence-corrected chi connectivity index (χ0v) is 23.3. The van der Waals surface area contributed by atoms with Gasteiger partial charge in [0.05, 0.1) is 39.8 Å². The Balaban J connectivity index is 2.23. The minimum atomic E-state index is -0.564. The van der Waals surface area contributed by atoms with Gasteiger partial charge in [0.25, 0.3) is 0 Å². The number of ether oxygens (including phenoxy) is 6. The third-order valence-electron chi connectivity index (χ3n) is 5.57. The Morgan fingerprint density at radius 2 is 1.00 bits per heavy atom. The lowest BCUT2D eigenvalue weighted by molar-refractivity contribution is -0.141. The molecule has 0 saturated carbocycles. The molecule has 0 aliphatic carbocycles. The molecule has 0 unspecified atom stereocenters. The number of aryl methyl sites for hydroxylation is 1. The summed E-state index contributed by atoms with van der Waals surface area (Å²) in [7, 11) is 5.00. The summed E-state index contributed by atoms with van der Waals surface area (Å²) in [6, 6.07) is 10.1. The molecule has 0 spiro atoms. The number of anilines is 3. The fraction of sp³-hybridized carbons (Fsp3) is 0.407. The van der Waals surface area contributed by atoms with Gasteiger partial charge in [-0.3, -0.25) is 19.2 Å². The molecule has 0 saturated heterocycles. The normalized spacial score (nSPS) is 10.2. The number of methoxy groups -OCH3 is 4. The van der Waals surface area contributed by atoms with Crippen molar-refractivity contribution in [1.29, 1.82) is 0 Å². The minimum Gasteiger partial charge on any atom is -0.488 e. The lowest BCUT2D eigenvalue weighted by Gasteiger charge is -2.26. The van der Waals surface area contributed by atoms with Crippen LogP contribution in [-0.2, 0) is 38.1 Å². The summed E-state index contributed by atoms with van der Waals surface area (Å²) < 4.78 is 30.9. The highest BCUT2D eigenvalue weighted by molar-refractivity contribution is 5.83. The molecule has 13 nitrogen and oxygen atoms in total. The fourth-order valence-corrected chi connectivity index (χ4v) is 3.54. The van der Waals surface area contributed by atoms with E-state index >= 15 is 0 Å². The van der Waals surface area contributed by atoms with E-state index in [2.05, 4.69) is 0 Å². The molecule has 13 heteroatoms. The molecule has 218 valence electrons. The van der Waals surface area contributed by atoms with Crippen LogP contribution < -0.4 is 25.0 Å². The van der Waals surface area contributed by atoms with Crippen LogP contribution in [0.2, 0.25) is 0 Å². The molecule has 0 aliphatic heterocycles. The molecule has 2 aromatic carbocycles. The van der Waals surface area contributed by atoms with Crippen molar-refractivity contribution in [2.24, 2.45) is 0 Å². The van der Waals surface area contributed by atoms with E-state index in [0.717, 1.165) is 5.56 Å². The molecule has 0 atom stereocenters. The van der Waals surface area contributed by atoms with Crippen molar-refractivity contribution in [1.82, 2.24) is 0 Å². The number of carbonyl (C=O) groups is 4. The average Bonchev–Trinajstić information content (AvgIpc) is 2.94. The fourth-order valence-electron chi connectivity index (χ4n) is 3.54. The topological polar surface area (TPSA) is 156 Å². The zero-order valence-electron chi connectivity index (χ0n) is 23.3. The highest BCUT2D eigenvalue weighted by Gasteiger charge is 2.22. The molecule has 0 radical (unpaired) electrons. The van der Waals surface area contributed by atoms with Crippen molar-refractivity contribution in [3.05, 3.63) is 42.0 Å². The van der Waals surface area contributed by atoms with E-state index < -0.39 is 23.9 Å². The first-order valence-corrected chi connectivity index (χ1v) is 12.1. The third-order valence-corrected chi connectivity index (χ3v) is 5.57. The van der Waals surface area contributed by atoms with Crippen LogP contribution >= 0.6 is 0 Å². The van der Waals surface area contributed by atoms with Crippen LogP contribution in [0.15, 0.2) is 36.4 Å². The van der Waals surface area contributed by atoms with Crippen LogP contribution in [0.25, 0.3) is 0 Å². The SMILES string of the molecule is COC(=O)CN(CC(=O)OC)c1ccc(C)cc1OCCOc1cc(N)ccc1N(CC(=O)OC)CC(=O)OC. The van der Waals surface area contributed by atoms with Crippen LogP contribution in [-0.4, -0.2) is 91.7 Å². The predicted octanol–water partition coefficient (Wildman–Crippen LogP) is 1.34. The highest BCUT2D eigenvalue weighted by atomic mass is 16.5. The summed E-state index contributed by atoms with van der Waals surface area (Å²) in [4.78, 5) is 50.9. The zero-order chi connectivity index (χ0) is 29.7. The van der Waals surface area contributed by atoms with Gasteiger partial charge in [0, 0.05) is 11.8 Å². The Morgan fingerprint density at radius 1 is 0.625 bits per heavy atom. The number of esters is 4. The molecule has 0 amide bonds. The Labute approximate surface area is 232 Å². The second-order valence-electron chi connectivity index (χ2n) is 8.41. The molecule has 0 fully saturated rings. The summed E-state index contributed by atoms with van der Waals surface area (Å²) in [5.41, 5.74) is 8.14. The largest absolute Gasteiger partial charge is 0.488 e. The van der Waals surface area contributed by atoms with Gasteiger partial charge in [-0.05, 0) is 36.8 Å². The van der Waals surface area contributed by atoms with E-state index in [0.29, 0.717) is 28.6 Å². The molecule has 2 aromatic rings. The molecule has 0 aliphatic rings. The van der Waals surface area contributed by atoms with Crippen LogP contribution in [0.4, 0.5) is 17.1 Å². The van der Waals surface area contributed by atoms with Gasteiger partial charge in [-0.1, -0.05) is 6.07 Å². The lowest BCUT2D eigenvalue weighted by Crippen LogP contribution is -2.36. The Kier molecular flexibility index (Phi) is 12.4. The molecule has 2 N–H and O–H groups in total. The van der Waals surface area contributed by atoms with Crippen molar-refractivity contribution >= 4 is 40.9 Å². The molecule has 0 heterocycles. The molecule has 0 aromatic heterocycles. The predicted molar refractivity (Wildman–Crippen MR) is 146 cm³/mol. The first-order chi connectivity index (χ1) is 19.1. The number of carbonyl (C=O) groups excluding carboxylic acids is 4. The summed E-state index contributed by atoms with van der Waals surface area (Å²) in [6.45, 7) is 1.10. The van der Waals surface area contributed by atoms with E-state index in [1.54, 1.807) is 30.3 Å². The highest BCUT2D eigenvalue weighted by Crippen LogP contribution is 2.32. The number of nitrogen functional groups attached to an aromatic ring is 1. The standard InChI is InChI=1S/C27H35N3O10/c1-18-6-8-20(29(14-24(31)35-2)15-25(32)36-3)22(12-18)39-10-11-40-23-13-19(28)7-9-21(23)30(16-26(33)37-4)17-27(34)38-5/h6-9,12-13H,10-11,14-17,28H2,1-5H3. The van der Waals surface area contributed by atoms with E-state index in [4.69, 9.17) is 34.2 Å². The molecule has 0 bridgehead atoms. The van der Waals surface area contributed by atoms with Crippen LogP contribution in [0, 0.1) is 6.92 Å². The van der Waals surface area contributed by atoms with Gasteiger partial charge in [0.15, 0.2) is 0 Å². The maximum Gasteiger partial charge on any atom is 0.325 e. The first-order valence-electron chi connectivity index (χ1n) is 12.1. The van der Waals surface area contributed by atoms with Gasteiger partial charge >= 0.3 is 23.9 Å². The summed E-state index contributed by atoms with van der Waals surface area (Å²) in [5, 5.41) is 0. The van der Waals surface area contributed by atoms with Gasteiger partial charge in [0.1, 0.15) is 50.9 Å². The maximum atomic E-state index is 12.0. The summed E-state index contributed by atoms with van der Waals surface area (Å²) >= 11 is 0. The van der Waals surface area contributed by atoms with Crippen LogP contribution in [0.1, 0.15) is 5.56 Å². The summed E-state index contributed by atoms with van der Waals surface area (Å²) in [5.74, 6) is -1.51. The van der Waals surface area contributed by atoms with E-state index in [9.17, 15) is 19.2 Å². The van der Waals surface area contributed by atoms with E-state index in [-0.39, 0.29) is 39.4 Å². The third kappa shape index (κ3) is 9.57. The second-order valence-corrected chi connectivity index (χ2v) is 8.41. The number of nitrogens with two attached hydrogens (primary N) is 1. The van der Waals surface area contributed by atoms with Gasteiger partial charge in [-0.25, -0.2) is 0 Å². The molecule has 40 heavy (non-hydrogen) atoms. The van der Waals surface area contributed by atoms with Gasteiger partial charge in [-0.15, -0.1) is 0 Å². The van der Waals surface area contributed by atoms with Crippen LogP contribution in [0.5, 0.6) is 11.5 Å².